The number of halogens is 1. The van der Waals surface area contributed by atoms with Gasteiger partial charge < -0.3 is 14.4 Å². The number of carbonyl (C=O) groups excluding carboxylic acids is 2. The molecule has 0 radical (unpaired) electrons. The number of hydrogen-bond donors (Lipinski definition) is 0. The molecular formula is C19H18FNO4. The van der Waals surface area contributed by atoms with Gasteiger partial charge in [-0.3, -0.25) is 0 Å². The second-order valence-electron chi connectivity index (χ2n) is 5.80. The van der Waals surface area contributed by atoms with Crippen molar-refractivity contribution < 1.29 is 23.5 Å². The molecule has 1 heterocycles. The maximum absolute atomic E-state index is 14.1. The number of ether oxygens (including phenoxy) is 2. The Bertz CT molecular complexity index is 806. The summed E-state index contributed by atoms with van der Waals surface area (Å²) in [5, 5.41) is 0. The molecule has 0 amide bonds. The number of allylic oxidation sites excluding steroid dienone is 2. The summed E-state index contributed by atoms with van der Waals surface area (Å²) in [4.78, 5) is 26.0. The van der Waals surface area contributed by atoms with Crippen LogP contribution in [0.2, 0.25) is 0 Å². The fourth-order valence-corrected chi connectivity index (χ4v) is 2.75. The van der Waals surface area contributed by atoms with Crippen molar-refractivity contribution >= 4 is 17.6 Å². The van der Waals surface area contributed by atoms with Gasteiger partial charge in [0.15, 0.2) is 0 Å². The molecule has 0 N–H and O–H groups in total. The molecule has 3 rings (SSSR count). The van der Waals surface area contributed by atoms with Gasteiger partial charge in [0.25, 0.3) is 0 Å². The summed E-state index contributed by atoms with van der Waals surface area (Å²) in [5.41, 5.74) is 1.28. The van der Waals surface area contributed by atoms with E-state index in [0.717, 1.165) is 12.8 Å². The van der Waals surface area contributed by atoms with Crippen LogP contribution in [0.25, 0.3) is 0 Å². The lowest BCUT2D eigenvalue weighted by atomic mass is 10.1. The van der Waals surface area contributed by atoms with Crippen LogP contribution in [0.4, 0.5) is 10.1 Å². The van der Waals surface area contributed by atoms with Crippen molar-refractivity contribution in [2.75, 3.05) is 19.1 Å². The Morgan fingerprint density at radius 3 is 2.48 bits per heavy atom. The topological polar surface area (TPSA) is 55.8 Å². The summed E-state index contributed by atoms with van der Waals surface area (Å²) in [5.74, 6) is -1.40. The zero-order valence-electron chi connectivity index (χ0n) is 14.0. The minimum atomic E-state index is -0.686. The highest BCUT2D eigenvalue weighted by atomic mass is 19.1. The first-order valence-electron chi connectivity index (χ1n) is 7.91. The minimum Gasteiger partial charge on any atom is -0.465 e. The molecule has 6 heteroatoms. The summed E-state index contributed by atoms with van der Waals surface area (Å²) < 4.78 is 23.7. The zero-order valence-corrected chi connectivity index (χ0v) is 14.0. The average molecular weight is 343 g/mol. The lowest BCUT2D eigenvalue weighted by molar-refractivity contribution is -0.139. The van der Waals surface area contributed by atoms with Crippen molar-refractivity contribution in [3.63, 3.8) is 0 Å². The number of benzene rings is 1. The van der Waals surface area contributed by atoms with Gasteiger partial charge in [0, 0.05) is 11.9 Å². The third kappa shape index (κ3) is 3.33. The standard InChI is InChI=1S/C19H18FNO4/c1-24-18(22)14-5-3-4-10-21(17(14)19(23)25-2)13-8-9-16(20)15(11-13)12-6-7-12/h3-5,8-12H,6-7H2,1-2H3. The predicted molar refractivity (Wildman–Crippen MR) is 90.2 cm³/mol. The summed E-state index contributed by atoms with van der Waals surface area (Å²) in [6, 6.07) is 4.65. The van der Waals surface area contributed by atoms with Crippen LogP contribution in [0, 0.1) is 5.82 Å². The molecule has 0 atom stereocenters. The Labute approximate surface area is 145 Å². The van der Waals surface area contributed by atoms with Crippen LogP contribution in [-0.2, 0) is 19.1 Å². The van der Waals surface area contributed by atoms with Crippen molar-refractivity contribution in [2.45, 2.75) is 18.8 Å². The molecule has 130 valence electrons. The van der Waals surface area contributed by atoms with Crippen molar-refractivity contribution in [1.29, 1.82) is 0 Å². The molecule has 0 aromatic heterocycles. The quantitative estimate of drug-likeness (QED) is 0.786. The van der Waals surface area contributed by atoms with Gasteiger partial charge in [-0.2, -0.15) is 0 Å². The van der Waals surface area contributed by atoms with Crippen LogP contribution in [-0.4, -0.2) is 26.2 Å². The van der Waals surface area contributed by atoms with E-state index in [1.54, 1.807) is 30.5 Å². The van der Waals surface area contributed by atoms with Gasteiger partial charge in [-0.15, -0.1) is 0 Å². The van der Waals surface area contributed by atoms with E-state index in [0.29, 0.717) is 11.3 Å². The number of anilines is 1. The molecule has 1 fully saturated rings. The summed E-state index contributed by atoms with van der Waals surface area (Å²) in [6.07, 6.45) is 8.32. The molecule has 1 saturated carbocycles. The van der Waals surface area contributed by atoms with Gasteiger partial charge in [-0.25, -0.2) is 14.0 Å². The summed E-state index contributed by atoms with van der Waals surface area (Å²) in [7, 11) is 2.48. The summed E-state index contributed by atoms with van der Waals surface area (Å²) in [6.45, 7) is 0. The van der Waals surface area contributed by atoms with E-state index >= 15 is 0 Å². The van der Waals surface area contributed by atoms with Crippen molar-refractivity contribution in [3.05, 3.63) is 65.3 Å². The highest BCUT2D eigenvalue weighted by molar-refractivity contribution is 6.05. The molecule has 0 unspecified atom stereocenters. The molecule has 5 nitrogen and oxygen atoms in total. The van der Waals surface area contributed by atoms with Crippen molar-refractivity contribution in [2.24, 2.45) is 0 Å². The van der Waals surface area contributed by atoms with E-state index in [1.807, 2.05) is 0 Å². The first kappa shape index (κ1) is 17.0. The second kappa shape index (κ2) is 6.93. The zero-order chi connectivity index (χ0) is 18.0. The molecule has 1 aliphatic heterocycles. The number of hydrogen-bond acceptors (Lipinski definition) is 5. The Balaban J connectivity index is 2.13. The van der Waals surface area contributed by atoms with Crippen LogP contribution in [0.5, 0.6) is 0 Å². The van der Waals surface area contributed by atoms with Crippen molar-refractivity contribution in [1.82, 2.24) is 0 Å². The number of carbonyl (C=O) groups is 2. The number of nitrogens with zero attached hydrogens (tertiary/aromatic N) is 1. The molecule has 0 saturated heterocycles. The Hall–Kier alpha value is -2.89. The fraction of sp³-hybridized carbons (Fsp3) is 0.263. The van der Waals surface area contributed by atoms with Crippen LogP contribution in [0.15, 0.2) is 53.9 Å². The fourth-order valence-electron chi connectivity index (χ4n) is 2.75. The van der Waals surface area contributed by atoms with Gasteiger partial charge in [-0.1, -0.05) is 6.08 Å². The smallest absolute Gasteiger partial charge is 0.355 e. The largest absolute Gasteiger partial charge is 0.465 e. The molecule has 1 aliphatic carbocycles. The number of esters is 2. The van der Waals surface area contributed by atoms with Crippen LogP contribution >= 0.6 is 0 Å². The number of methoxy groups -OCH3 is 2. The maximum Gasteiger partial charge on any atom is 0.355 e. The molecule has 1 aromatic carbocycles. The Morgan fingerprint density at radius 2 is 1.84 bits per heavy atom. The lowest BCUT2D eigenvalue weighted by Crippen LogP contribution is -2.27. The Kier molecular flexibility index (Phi) is 4.70. The average Bonchev–Trinajstić information content (AvgIpc) is 3.47. The van der Waals surface area contributed by atoms with E-state index in [4.69, 9.17) is 9.47 Å². The molecule has 0 spiro atoms. The van der Waals surface area contributed by atoms with E-state index < -0.39 is 11.9 Å². The van der Waals surface area contributed by atoms with E-state index in [-0.39, 0.29) is 23.0 Å². The van der Waals surface area contributed by atoms with E-state index in [2.05, 4.69) is 0 Å². The maximum atomic E-state index is 14.1. The lowest BCUT2D eigenvalue weighted by Gasteiger charge is -2.23. The molecular weight excluding hydrogens is 325 g/mol. The van der Waals surface area contributed by atoms with Crippen LogP contribution < -0.4 is 4.90 Å². The number of rotatable bonds is 4. The van der Waals surface area contributed by atoms with E-state index in [1.165, 1.54) is 31.3 Å². The van der Waals surface area contributed by atoms with E-state index in [9.17, 15) is 14.0 Å². The van der Waals surface area contributed by atoms with Crippen LogP contribution in [0.3, 0.4) is 0 Å². The van der Waals surface area contributed by atoms with Gasteiger partial charge in [-0.05, 0) is 54.7 Å². The van der Waals surface area contributed by atoms with Gasteiger partial charge in [0.05, 0.1) is 19.8 Å². The molecule has 0 bridgehead atoms. The summed E-state index contributed by atoms with van der Waals surface area (Å²) >= 11 is 0. The van der Waals surface area contributed by atoms with Crippen LogP contribution in [0.1, 0.15) is 24.3 Å². The third-order valence-corrected chi connectivity index (χ3v) is 4.16. The molecule has 2 aliphatic rings. The SMILES string of the molecule is COC(=O)C1=C(C(=O)OC)N(c2ccc(F)c(C3CC3)c2)C=CC=C1. The Morgan fingerprint density at radius 1 is 1.12 bits per heavy atom. The highest BCUT2D eigenvalue weighted by Gasteiger charge is 2.30. The monoisotopic (exact) mass is 343 g/mol. The van der Waals surface area contributed by atoms with Gasteiger partial charge in [0.1, 0.15) is 11.5 Å². The first-order chi connectivity index (χ1) is 12.1. The molecule has 25 heavy (non-hydrogen) atoms. The minimum absolute atomic E-state index is 0.0210. The highest BCUT2D eigenvalue weighted by Crippen LogP contribution is 2.43. The normalized spacial score (nSPS) is 16.7. The predicted octanol–water partition coefficient (Wildman–Crippen LogP) is 3.19. The first-order valence-corrected chi connectivity index (χ1v) is 7.91. The second-order valence-corrected chi connectivity index (χ2v) is 5.80. The third-order valence-electron chi connectivity index (χ3n) is 4.16. The molecule has 1 aromatic rings. The van der Waals surface area contributed by atoms with Gasteiger partial charge in [0.2, 0.25) is 0 Å². The van der Waals surface area contributed by atoms with Crippen molar-refractivity contribution in [3.8, 4) is 0 Å². The van der Waals surface area contributed by atoms with Gasteiger partial charge >= 0.3 is 11.9 Å².